The molecule has 0 unspecified atom stereocenters. The van der Waals surface area contributed by atoms with Crippen LogP contribution in [0.25, 0.3) is 0 Å². The monoisotopic (exact) mass is 255 g/mol. The van der Waals surface area contributed by atoms with Crippen LogP contribution in [0.4, 0.5) is 5.13 Å². The van der Waals surface area contributed by atoms with Gasteiger partial charge in [0, 0.05) is 30.2 Å². The third-order valence-electron chi connectivity index (χ3n) is 2.93. The van der Waals surface area contributed by atoms with Gasteiger partial charge in [0.15, 0.2) is 5.13 Å². The summed E-state index contributed by atoms with van der Waals surface area (Å²) in [4.78, 5) is 8.14. The molecule has 0 fully saturated rings. The second-order valence-electron chi connectivity index (χ2n) is 4.83. The molecular weight excluding hydrogens is 230 g/mol. The highest BCUT2D eigenvalue weighted by atomic mass is 32.1. The Morgan fingerprint density at radius 2 is 2.00 bits per heavy atom. The van der Waals surface area contributed by atoms with Gasteiger partial charge in [-0.1, -0.05) is 27.7 Å². The second kappa shape index (κ2) is 6.97. The van der Waals surface area contributed by atoms with Crippen LogP contribution in [0.3, 0.4) is 0 Å². The van der Waals surface area contributed by atoms with Crippen molar-refractivity contribution in [1.82, 2.24) is 4.98 Å². The van der Waals surface area contributed by atoms with E-state index in [-0.39, 0.29) is 0 Å². The van der Waals surface area contributed by atoms with Crippen molar-refractivity contribution in [3.05, 3.63) is 11.1 Å². The van der Waals surface area contributed by atoms with E-state index in [2.05, 4.69) is 37.6 Å². The fourth-order valence-corrected chi connectivity index (χ4v) is 2.90. The molecule has 2 N–H and O–H groups in total. The van der Waals surface area contributed by atoms with Crippen LogP contribution in [0.1, 0.15) is 45.4 Å². The summed E-state index contributed by atoms with van der Waals surface area (Å²) in [7, 11) is 0. The van der Waals surface area contributed by atoms with E-state index in [9.17, 15) is 0 Å². The van der Waals surface area contributed by atoms with Crippen LogP contribution in [0.5, 0.6) is 0 Å². The van der Waals surface area contributed by atoms with Crippen molar-refractivity contribution in [2.45, 2.75) is 53.1 Å². The predicted molar refractivity (Wildman–Crippen MR) is 76.6 cm³/mol. The smallest absolute Gasteiger partial charge is 0.185 e. The van der Waals surface area contributed by atoms with E-state index in [1.807, 2.05) is 6.20 Å². The van der Waals surface area contributed by atoms with Gasteiger partial charge in [0.2, 0.25) is 0 Å². The molecule has 0 amide bonds. The van der Waals surface area contributed by atoms with Crippen LogP contribution >= 0.6 is 11.3 Å². The maximum atomic E-state index is 5.66. The van der Waals surface area contributed by atoms with Crippen LogP contribution in [-0.2, 0) is 6.54 Å². The van der Waals surface area contributed by atoms with Crippen molar-refractivity contribution in [3.8, 4) is 0 Å². The molecule has 0 aromatic carbocycles. The van der Waals surface area contributed by atoms with Crippen LogP contribution in [-0.4, -0.2) is 17.6 Å². The normalized spacial score (nSPS) is 11.5. The topological polar surface area (TPSA) is 42.2 Å². The third kappa shape index (κ3) is 3.96. The fraction of sp³-hybridized carbons (Fsp3) is 0.769. The number of thiazole rings is 1. The largest absolute Gasteiger partial charge is 0.345 e. The molecule has 98 valence electrons. The number of nitrogens with zero attached hydrogens (tertiary/aromatic N) is 2. The zero-order valence-corrected chi connectivity index (χ0v) is 12.3. The van der Waals surface area contributed by atoms with Crippen molar-refractivity contribution in [2.75, 3.05) is 11.4 Å². The van der Waals surface area contributed by atoms with E-state index in [0.29, 0.717) is 18.5 Å². The molecule has 1 aromatic heterocycles. The standard InChI is InChI=1S/C13H25N3S/c1-5-11(6-2)16(9-10(3)4)13-15-8-12(7-14)17-13/h8,10-11H,5-7,9,14H2,1-4H3. The van der Waals surface area contributed by atoms with Gasteiger partial charge in [-0.3, -0.25) is 0 Å². The molecule has 1 aromatic rings. The van der Waals surface area contributed by atoms with E-state index < -0.39 is 0 Å². The predicted octanol–water partition coefficient (Wildman–Crippen LogP) is 3.25. The summed E-state index contributed by atoms with van der Waals surface area (Å²) in [6.07, 6.45) is 4.25. The molecule has 3 nitrogen and oxygen atoms in total. The Morgan fingerprint density at radius 3 is 2.41 bits per heavy atom. The Bertz CT molecular complexity index is 318. The SMILES string of the molecule is CCC(CC)N(CC(C)C)c1ncc(CN)s1. The summed E-state index contributed by atoms with van der Waals surface area (Å²) in [5.74, 6) is 0.654. The second-order valence-corrected chi connectivity index (χ2v) is 5.92. The van der Waals surface area contributed by atoms with Crippen LogP contribution in [0, 0.1) is 5.92 Å². The highest BCUT2D eigenvalue weighted by Crippen LogP contribution is 2.26. The van der Waals surface area contributed by atoms with Crippen LogP contribution < -0.4 is 10.6 Å². The minimum Gasteiger partial charge on any atom is -0.345 e. The maximum absolute atomic E-state index is 5.66. The van der Waals surface area contributed by atoms with E-state index in [1.165, 1.54) is 17.7 Å². The van der Waals surface area contributed by atoms with Crippen molar-refractivity contribution >= 4 is 16.5 Å². The molecule has 0 saturated carbocycles. The molecule has 0 aliphatic heterocycles. The van der Waals surface area contributed by atoms with Gasteiger partial charge in [-0.25, -0.2) is 4.98 Å². The molecule has 0 radical (unpaired) electrons. The lowest BCUT2D eigenvalue weighted by Gasteiger charge is -2.31. The van der Waals surface area contributed by atoms with Crippen molar-refractivity contribution in [3.63, 3.8) is 0 Å². The lowest BCUT2D eigenvalue weighted by Crippen LogP contribution is -2.37. The molecule has 0 aliphatic rings. The number of hydrogen-bond donors (Lipinski definition) is 1. The highest BCUT2D eigenvalue weighted by Gasteiger charge is 2.19. The molecule has 1 rings (SSSR count). The molecule has 0 bridgehead atoms. The van der Waals surface area contributed by atoms with E-state index in [1.54, 1.807) is 11.3 Å². The Morgan fingerprint density at radius 1 is 1.35 bits per heavy atom. The zero-order chi connectivity index (χ0) is 12.8. The first kappa shape index (κ1) is 14.5. The summed E-state index contributed by atoms with van der Waals surface area (Å²) in [5.41, 5.74) is 5.66. The average Bonchev–Trinajstić information content (AvgIpc) is 2.77. The summed E-state index contributed by atoms with van der Waals surface area (Å²) >= 11 is 1.73. The summed E-state index contributed by atoms with van der Waals surface area (Å²) < 4.78 is 0. The molecule has 0 atom stereocenters. The van der Waals surface area contributed by atoms with Gasteiger partial charge in [-0.15, -0.1) is 11.3 Å². The number of hydrogen-bond acceptors (Lipinski definition) is 4. The zero-order valence-electron chi connectivity index (χ0n) is 11.4. The van der Waals surface area contributed by atoms with Gasteiger partial charge in [0.1, 0.15) is 0 Å². The number of nitrogens with two attached hydrogens (primary N) is 1. The Kier molecular flexibility index (Phi) is 5.92. The minimum absolute atomic E-state index is 0.592. The first-order valence-corrected chi connectivity index (χ1v) is 7.35. The molecule has 1 heterocycles. The minimum atomic E-state index is 0.592. The number of anilines is 1. The maximum Gasteiger partial charge on any atom is 0.185 e. The lowest BCUT2D eigenvalue weighted by molar-refractivity contribution is 0.507. The van der Waals surface area contributed by atoms with Crippen LogP contribution in [0.2, 0.25) is 0 Å². The molecule has 0 aliphatic carbocycles. The van der Waals surface area contributed by atoms with Gasteiger partial charge < -0.3 is 10.6 Å². The first-order chi connectivity index (χ1) is 8.12. The first-order valence-electron chi connectivity index (χ1n) is 6.53. The summed E-state index contributed by atoms with van der Waals surface area (Å²) in [6.45, 7) is 10.7. The van der Waals surface area contributed by atoms with E-state index in [4.69, 9.17) is 5.73 Å². The Balaban J connectivity index is 2.88. The molecule has 0 saturated heterocycles. The van der Waals surface area contributed by atoms with E-state index >= 15 is 0 Å². The number of aromatic nitrogens is 1. The number of rotatable bonds is 7. The van der Waals surface area contributed by atoms with Gasteiger partial charge >= 0.3 is 0 Å². The van der Waals surface area contributed by atoms with Crippen LogP contribution in [0.15, 0.2) is 6.20 Å². The Labute approximate surface area is 109 Å². The molecular formula is C13H25N3S. The van der Waals surface area contributed by atoms with Crippen molar-refractivity contribution in [2.24, 2.45) is 11.7 Å². The van der Waals surface area contributed by atoms with Crippen molar-refractivity contribution < 1.29 is 0 Å². The third-order valence-corrected chi connectivity index (χ3v) is 3.99. The van der Waals surface area contributed by atoms with Crippen molar-refractivity contribution in [1.29, 1.82) is 0 Å². The summed E-state index contributed by atoms with van der Waals surface area (Å²) in [6, 6.07) is 0.592. The molecule has 4 heteroatoms. The van der Waals surface area contributed by atoms with Gasteiger partial charge in [-0.2, -0.15) is 0 Å². The molecule has 17 heavy (non-hydrogen) atoms. The van der Waals surface area contributed by atoms with Gasteiger partial charge in [-0.05, 0) is 18.8 Å². The fourth-order valence-electron chi connectivity index (χ4n) is 2.03. The Hall–Kier alpha value is -0.610. The quantitative estimate of drug-likeness (QED) is 0.813. The lowest BCUT2D eigenvalue weighted by atomic mass is 10.1. The van der Waals surface area contributed by atoms with Gasteiger partial charge in [0.05, 0.1) is 0 Å². The van der Waals surface area contributed by atoms with E-state index in [0.717, 1.165) is 11.7 Å². The van der Waals surface area contributed by atoms with Gasteiger partial charge in [0.25, 0.3) is 0 Å². The molecule has 0 spiro atoms. The highest BCUT2D eigenvalue weighted by molar-refractivity contribution is 7.15. The average molecular weight is 255 g/mol. The summed E-state index contributed by atoms with van der Waals surface area (Å²) in [5, 5.41) is 1.13.